The lowest BCUT2D eigenvalue weighted by Gasteiger charge is -2.33. The molecule has 0 bridgehead atoms. The first-order valence-corrected chi connectivity index (χ1v) is 8.68. The maximum absolute atomic E-state index is 12.8. The quantitative estimate of drug-likeness (QED) is 0.894. The van der Waals surface area contributed by atoms with Gasteiger partial charge in [0.25, 0.3) is 0 Å². The second-order valence-corrected chi connectivity index (χ2v) is 7.60. The molecular formula is C19H29N3O2. The minimum atomic E-state index is -0.420. The zero-order valence-corrected chi connectivity index (χ0v) is 15.2. The number of aryl methyl sites for hydroxylation is 1. The van der Waals surface area contributed by atoms with Crippen LogP contribution in [0, 0.1) is 6.92 Å². The topological polar surface area (TPSA) is 61.4 Å². The number of nitrogens with one attached hydrogen (secondary N) is 2. The Hall–Kier alpha value is -2.04. The monoisotopic (exact) mass is 331 g/mol. The molecule has 24 heavy (non-hydrogen) atoms. The lowest BCUT2D eigenvalue weighted by Crippen LogP contribution is -2.55. The standard InChI is InChI=1S/C19H29N3O2/c1-14-8-10-15(11-9-14)13-22(18(24)21-19(2,3)4)16-7-5-6-12-20-17(16)23/h8-11,16H,5-7,12-13H2,1-4H3,(H,20,23)(H,21,24). The van der Waals surface area contributed by atoms with Gasteiger partial charge >= 0.3 is 6.03 Å². The smallest absolute Gasteiger partial charge is 0.318 e. The Labute approximate surface area is 144 Å². The number of nitrogens with zero attached hydrogens (tertiary/aromatic N) is 1. The average molecular weight is 331 g/mol. The van der Waals surface area contributed by atoms with Crippen LogP contribution in [0.25, 0.3) is 0 Å². The molecule has 0 radical (unpaired) electrons. The van der Waals surface area contributed by atoms with Crippen LogP contribution in [0.3, 0.4) is 0 Å². The van der Waals surface area contributed by atoms with E-state index in [1.807, 2.05) is 52.0 Å². The zero-order chi connectivity index (χ0) is 17.7. The zero-order valence-electron chi connectivity index (χ0n) is 15.2. The maximum Gasteiger partial charge on any atom is 0.318 e. The summed E-state index contributed by atoms with van der Waals surface area (Å²) in [7, 11) is 0. The Morgan fingerprint density at radius 3 is 2.54 bits per heavy atom. The molecule has 1 fully saturated rings. The van der Waals surface area contributed by atoms with Gasteiger partial charge in [0.2, 0.25) is 5.91 Å². The predicted octanol–water partition coefficient (Wildman–Crippen LogP) is 2.97. The van der Waals surface area contributed by atoms with Crippen LogP contribution in [-0.2, 0) is 11.3 Å². The number of hydrogen-bond donors (Lipinski definition) is 2. The Morgan fingerprint density at radius 2 is 1.92 bits per heavy atom. The summed E-state index contributed by atoms with van der Waals surface area (Å²) >= 11 is 0. The molecule has 0 aromatic heterocycles. The van der Waals surface area contributed by atoms with Gasteiger partial charge in [0.05, 0.1) is 0 Å². The van der Waals surface area contributed by atoms with Crippen molar-refractivity contribution in [1.29, 1.82) is 0 Å². The molecule has 1 atom stereocenters. The van der Waals surface area contributed by atoms with Crippen molar-refractivity contribution < 1.29 is 9.59 Å². The van der Waals surface area contributed by atoms with E-state index in [0.29, 0.717) is 19.5 Å². The molecular weight excluding hydrogens is 302 g/mol. The highest BCUT2D eigenvalue weighted by molar-refractivity contribution is 5.87. The van der Waals surface area contributed by atoms with E-state index in [0.717, 1.165) is 18.4 Å². The van der Waals surface area contributed by atoms with E-state index in [1.165, 1.54) is 5.56 Å². The number of rotatable bonds is 3. The molecule has 1 aliphatic heterocycles. The van der Waals surface area contributed by atoms with Gasteiger partial charge in [-0.2, -0.15) is 0 Å². The van der Waals surface area contributed by atoms with E-state index >= 15 is 0 Å². The minimum absolute atomic E-state index is 0.0522. The summed E-state index contributed by atoms with van der Waals surface area (Å²) in [5, 5.41) is 5.92. The highest BCUT2D eigenvalue weighted by atomic mass is 16.2. The summed E-state index contributed by atoms with van der Waals surface area (Å²) in [6, 6.07) is 7.48. The SMILES string of the molecule is Cc1ccc(CN(C(=O)NC(C)(C)C)C2CCCCNC2=O)cc1. The van der Waals surface area contributed by atoms with Gasteiger partial charge in [-0.3, -0.25) is 4.79 Å². The Bertz CT molecular complexity index is 575. The Balaban J connectivity index is 2.23. The van der Waals surface area contributed by atoms with Crippen LogP contribution in [0.1, 0.15) is 51.2 Å². The lowest BCUT2D eigenvalue weighted by atomic mass is 10.1. The molecule has 1 aliphatic rings. The van der Waals surface area contributed by atoms with E-state index < -0.39 is 6.04 Å². The van der Waals surface area contributed by atoms with E-state index in [1.54, 1.807) is 4.90 Å². The van der Waals surface area contributed by atoms with Crippen molar-refractivity contribution in [3.63, 3.8) is 0 Å². The largest absolute Gasteiger partial charge is 0.354 e. The number of carbonyl (C=O) groups excluding carboxylic acids is 2. The molecule has 5 heteroatoms. The molecule has 1 saturated heterocycles. The molecule has 1 aromatic rings. The van der Waals surface area contributed by atoms with Gasteiger partial charge in [0.1, 0.15) is 6.04 Å². The molecule has 0 spiro atoms. The normalized spacial score (nSPS) is 18.5. The third-order valence-electron chi connectivity index (χ3n) is 4.10. The van der Waals surface area contributed by atoms with Crippen molar-refractivity contribution in [1.82, 2.24) is 15.5 Å². The molecule has 132 valence electrons. The Kier molecular flexibility index (Phi) is 5.86. The van der Waals surface area contributed by atoms with Crippen molar-refractivity contribution in [2.24, 2.45) is 0 Å². The molecule has 1 aromatic carbocycles. The van der Waals surface area contributed by atoms with Crippen molar-refractivity contribution in [3.05, 3.63) is 35.4 Å². The van der Waals surface area contributed by atoms with Gasteiger partial charge in [-0.15, -0.1) is 0 Å². The molecule has 5 nitrogen and oxygen atoms in total. The summed E-state index contributed by atoms with van der Waals surface area (Å²) in [5.74, 6) is -0.0522. The fourth-order valence-corrected chi connectivity index (χ4v) is 2.83. The molecule has 3 amide bonds. The number of benzene rings is 1. The van der Waals surface area contributed by atoms with E-state index in [2.05, 4.69) is 10.6 Å². The molecule has 1 unspecified atom stereocenters. The molecule has 1 heterocycles. The van der Waals surface area contributed by atoms with Crippen molar-refractivity contribution in [2.75, 3.05) is 6.54 Å². The first-order valence-electron chi connectivity index (χ1n) is 8.68. The average Bonchev–Trinajstić information content (AvgIpc) is 2.69. The first-order chi connectivity index (χ1) is 11.3. The first kappa shape index (κ1) is 18.3. The summed E-state index contributed by atoms with van der Waals surface area (Å²) in [5.41, 5.74) is 1.86. The van der Waals surface area contributed by atoms with E-state index in [-0.39, 0.29) is 17.5 Å². The highest BCUT2D eigenvalue weighted by Gasteiger charge is 2.32. The third-order valence-corrected chi connectivity index (χ3v) is 4.10. The van der Waals surface area contributed by atoms with Crippen molar-refractivity contribution in [3.8, 4) is 0 Å². The fourth-order valence-electron chi connectivity index (χ4n) is 2.83. The second-order valence-electron chi connectivity index (χ2n) is 7.60. The van der Waals surface area contributed by atoms with E-state index in [9.17, 15) is 9.59 Å². The summed E-state index contributed by atoms with van der Waals surface area (Å²) in [6.45, 7) is 8.99. The molecule has 2 rings (SSSR count). The van der Waals surface area contributed by atoms with Crippen LogP contribution in [0.4, 0.5) is 4.79 Å². The van der Waals surface area contributed by atoms with E-state index in [4.69, 9.17) is 0 Å². The maximum atomic E-state index is 12.8. The van der Waals surface area contributed by atoms with Gasteiger partial charge in [0.15, 0.2) is 0 Å². The summed E-state index contributed by atoms with van der Waals surface area (Å²) < 4.78 is 0. The third kappa shape index (κ3) is 5.25. The molecule has 0 saturated carbocycles. The lowest BCUT2D eigenvalue weighted by molar-refractivity contribution is -0.125. The summed E-state index contributed by atoms with van der Waals surface area (Å²) in [4.78, 5) is 26.9. The van der Waals surface area contributed by atoms with Gasteiger partial charge < -0.3 is 15.5 Å². The van der Waals surface area contributed by atoms with Gasteiger partial charge in [0, 0.05) is 18.6 Å². The number of hydrogen-bond acceptors (Lipinski definition) is 2. The molecule has 2 N–H and O–H groups in total. The predicted molar refractivity (Wildman–Crippen MR) is 95.7 cm³/mol. The van der Waals surface area contributed by atoms with Crippen LogP contribution in [0.15, 0.2) is 24.3 Å². The van der Waals surface area contributed by atoms with Gasteiger partial charge in [-0.1, -0.05) is 29.8 Å². The molecule has 0 aliphatic carbocycles. The number of carbonyl (C=O) groups is 2. The van der Waals surface area contributed by atoms with Crippen LogP contribution >= 0.6 is 0 Å². The van der Waals surface area contributed by atoms with Crippen LogP contribution < -0.4 is 10.6 Å². The number of urea groups is 1. The van der Waals surface area contributed by atoms with Crippen LogP contribution in [-0.4, -0.2) is 35.0 Å². The van der Waals surface area contributed by atoms with Gasteiger partial charge in [-0.05, 0) is 52.5 Å². The fraction of sp³-hybridized carbons (Fsp3) is 0.579. The van der Waals surface area contributed by atoms with Crippen molar-refractivity contribution in [2.45, 2.75) is 65.1 Å². The Morgan fingerprint density at radius 1 is 1.25 bits per heavy atom. The second kappa shape index (κ2) is 7.69. The number of amides is 3. The van der Waals surface area contributed by atoms with Crippen molar-refractivity contribution >= 4 is 11.9 Å². The minimum Gasteiger partial charge on any atom is -0.354 e. The highest BCUT2D eigenvalue weighted by Crippen LogP contribution is 2.17. The summed E-state index contributed by atoms with van der Waals surface area (Å²) in [6.07, 6.45) is 2.60. The van der Waals surface area contributed by atoms with Crippen LogP contribution in [0.2, 0.25) is 0 Å². The van der Waals surface area contributed by atoms with Crippen LogP contribution in [0.5, 0.6) is 0 Å². The van der Waals surface area contributed by atoms with Gasteiger partial charge in [-0.25, -0.2) is 4.79 Å².